The zero-order valence-electron chi connectivity index (χ0n) is 10.0. The van der Waals surface area contributed by atoms with Gasteiger partial charge in [0.1, 0.15) is 25.1 Å². The highest BCUT2D eigenvalue weighted by Crippen LogP contribution is 2.28. The average molecular weight is 245 g/mol. The predicted molar refractivity (Wildman–Crippen MR) is 67.4 cm³/mol. The van der Waals surface area contributed by atoms with Gasteiger partial charge in [-0.2, -0.15) is 0 Å². The molecule has 0 radical (unpaired) electrons. The first-order valence-corrected chi connectivity index (χ1v) is 6.12. The average Bonchev–Trinajstić information content (AvgIpc) is 2.87. The van der Waals surface area contributed by atoms with Crippen LogP contribution in [0.2, 0.25) is 0 Å². The molecule has 1 N–H and O–H groups in total. The van der Waals surface area contributed by atoms with Crippen LogP contribution in [0.3, 0.4) is 0 Å². The van der Waals surface area contributed by atoms with E-state index < -0.39 is 0 Å². The molecule has 1 aromatic carbocycles. The number of nitrogens with one attached hydrogen (secondary N) is 1. The number of hydrogen-bond donors (Lipinski definition) is 1. The van der Waals surface area contributed by atoms with E-state index in [4.69, 9.17) is 9.47 Å². The summed E-state index contributed by atoms with van der Waals surface area (Å²) in [5.74, 6) is 0.856. The van der Waals surface area contributed by atoms with Crippen LogP contribution >= 0.6 is 0 Å². The molecule has 2 aliphatic rings. The number of rotatable bonds is 3. The van der Waals surface area contributed by atoms with E-state index >= 15 is 0 Å². The highest BCUT2D eigenvalue weighted by molar-refractivity contribution is 5.77. The summed E-state index contributed by atoms with van der Waals surface area (Å²) >= 11 is 0. The molecule has 0 saturated carbocycles. The van der Waals surface area contributed by atoms with Crippen molar-refractivity contribution in [3.63, 3.8) is 0 Å². The third kappa shape index (κ3) is 2.24. The van der Waals surface area contributed by atoms with Crippen molar-refractivity contribution in [1.82, 2.24) is 5.32 Å². The van der Waals surface area contributed by atoms with Gasteiger partial charge in [0.05, 0.1) is 0 Å². The van der Waals surface area contributed by atoms with Gasteiger partial charge < -0.3 is 14.8 Å². The summed E-state index contributed by atoms with van der Waals surface area (Å²) < 4.78 is 11.2. The maximum absolute atomic E-state index is 11.0. The fraction of sp³-hybridized carbons (Fsp3) is 0.357. The molecule has 1 heterocycles. The van der Waals surface area contributed by atoms with Gasteiger partial charge in [-0.1, -0.05) is 24.3 Å². The van der Waals surface area contributed by atoms with E-state index in [-0.39, 0.29) is 18.6 Å². The topological polar surface area (TPSA) is 47.6 Å². The van der Waals surface area contributed by atoms with Crippen LogP contribution in [0, 0.1) is 0 Å². The van der Waals surface area contributed by atoms with E-state index in [1.165, 1.54) is 11.1 Å². The molecule has 0 spiro atoms. The minimum atomic E-state index is -0.0621. The largest absolute Gasteiger partial charge is 0.490 e. The molecule has 94 valence electrons. The van der Waals surface area contributed by atoms with Crippen molar-refractivity contribution >= 4 is 12.0 Å². The lowest BCUT2D eigenvalue weighted by molar-refractivity contribution is -0.134. The summed E-state index contributed by atoms with van der Waals surface area (Å²) in [6, 6.07) is 6.06. The number of amides is 1. The Hall–Kier alpha value is -1.81. The van der Waals surface area contributed by atoms with Crippen molar-refractivity contribution in [3.8, 4) is 5.75 Å². The monoisotopic (exact) mass is 245 g/mol. The van der Waals surface area contributed by atoms with E-state index in [0.29, 0.717) is 13.2 Å². The van der Waals surface area contributed by atoms with E-state index in [1.807, 2.05) is 12.1 Å². The number of carbonyl (C=O) groups excluding carboxylic acids is 1. The molecule has 1 atom stereocenters. The maximum atomic E-state index is 11.0. The molecule has 3 rings (SSSR count). The second-order valence-electron chi connectivity index (χ2n) is 4.48. The third-order valence-electron chi connectivity index (χ3n) is 3.19. The number of carbonyl (C=O) groups is 1. The normalized spacial score (nSPS) is 21.6. The van der Waals surface area contributed by atoms with Crippen LogP contribution in [0.15, 0.2) is 24.3 Å². The fourth-order valence-electron chi connectivity index (χ4n) is 2.22. The molecule has 1 aliphatic heterocycles. The zero-order valence-corrected chi connectivity index (χ0v) is 10.0. The summed E-state index contributed by atoms with van der Waals surface area (Å²) in [7, 11) is 0. The highest BCUT2D eigenvalue weighted by atomic mass is 16.5. The summed E-state index contributed by atoms with van der Waals surface area (Å²) in [4.78, 5) is 11.0. The summed E-state index contributed by atoms with van der Waals surface area (Å²) in [5, 5.41) is 2.76. The fourth-order valence-corrected chi connectivity index (χ4v) is 2.22. The second kappa shape index (κ2) is 4.82. The Morgan fingerprint density at radius 2 is 2.39 bits per heavy atom. The number of morpholine rings is 1. The zero-order chi connectivity index (χ0) is 12.4. The Kier molecular flexibility index (Phi) is 3.02. The van der Waals surface area contributed by atoms with Gasteiger partial charge in [-0.15, -0.1) is 0 Å². The molecule has 4 nitrogen and oxygen atoms in total. The van der Waals surface area contributed by atoms with Gasteiger partial charge in [0.25, 0.3) is 0 Å². The minimum Gasteiger partial charge on any atom is -0.490 e. The molecule has 18 heavy (non-hydrogen) atoms. The van der Waals surface area contributed by atoms with Gasteiger partial charge in [-0.3, -0.25) is 4.79 Å². The van der Waals surface area contributed by atoms with Gasteiger partial charge in [-0.25, -0.2) is 0 Å². The number of benzene rings is 1. The Bertz CT molecular complexity index is 486. The molecule has 1 saturated heterocycles. The lowest BCUT2D eigenvalue weighted by Crippen LogP contribution is -2.45. The summed E-state index contributed by atoms with van der Waals surface area (Å²) in [6.07, 6.45) is 5.11. The Morgan fingerprint density at radius 3 is 3.22 bits per heavy atom. The number of allylic oxidation sites excluding steroid dienone is 1. The Labute approximate surface area is 106 Å². The minimum absolute atomic E-state index is 0.0592. The molecular formula is C14H15NO3. The smallest absolute Gasteiger partial charge is 0.246 e. The van der Waals surface area contributed by atoms with Crippen LogP contribution in [0.25, 0.3) is 6.08 Å². The van der Waals surface area contributed by atoms with Crippen LogP contribution in [-0.4, -0.2) is 31.8 Å². The lowest BCUT2D eigenvalue weighted by atomic mass is 10.1. The quantitative estimate of drug-likeness (QED) is 0.869. The molecule has 0 bridgehead atoms. The highest BCUT2D eigenvalue weighted by Gasteiger charge is 2.19. The first kappa shape index (κ1) is 11.3. The van der Waals surface area contributed by atoms with Gasteiger partial charge in [-0.05, 0) is 18.1 Å². The van der Waals surface area contributed by atoms with E-state index in [2.05, 4.69) is 23.5 Å². The van der Waals surface area contributed by atoms with Crippen LogP contribution in [-0.2, 0) is 16.0 Å². The molecular weight excluding hydrogens is 230 g/mol. The van der Waals surface area contributed by atoms with Crippen molar-refractivity contribution in [3.05, 3.63) is 35.4 Å². The standard InChI is InChI=1S/C14H15NO3/c16-14-9-17-11(7-15-14)8-18-13-6-2-4-10-3-1-5-12(10)13/h1-4,6,11H,5,7-9H2,(H,15,16)/t11-/m0/s1. The second-order valence-corrected chi connectivity index (χ2v) is 4.48. The van der Waals surface area contributed by atoms with Crippen molar-refractivity contribution in [1.29, 1.82) is 0 Å². The molecule has 4 heteroatoms. The van der Waals surface area contributed by atoms with Gasteiger partial charge in [0.2, 0.25) is 5.91 Å². The van der Waals surface area contributed by atoms with Crippen molar-refractivity contribution in [2.45, 2.75) is 12.5 Å². The molecule has 1 aliphatic carbocycles. The number of ether oxygens (including phenoxy) is 2. The van der Waals surface area contributed by atoms with E-state index in [0.717, 1.165) is 12.2 Å². The van der Waals surface area contributed by atoms with Crippen LogP contribution in [0.1, 0.15) is 11.1 Å². The summed E-state index contributed by atoms with van der Waals surface area (Å²) in [5.41, 5.74) is 2.46. The third-order valence-corrected chi connectivity index (χ3v) is 3.19. The first-order chi connectivity index (χ1) is 8.83. The SMILES string of the molecule is O=C1CO[C@H](COc2cccc3c2CC=C3)CN1. The van der Waals surface area contributed by atoms with Crippen molar-refractivity contribution in [2.24, 2.45) is 0 Å². The van der Waals surface area contributed by atoms with Gasteiger partial charge >= 0.3 is 0 Å². The van der Waals surface area contributed by atoms with Gasteiger partial charge in [0, 0.05) is 12.1 Å². The maximum Gasteiger partial charge on any atom is 0.246 e. The van der Waals surface area contributed by atoms with Crippen molar-refractivity contribution in [2.75, 3.05) is 19.8 Å². The number of fused-ring (bicyclic) bond motifs is 1. The van der Waals surface area contributed by atoms with Gasteiger partial charge in [0.15, 0.2) is 0 Å². The van der Waals surface area contributed by atoms with Crippen LogP contribution in [0.5, 0.6) is 5.75 Å². The van der Waals surface area contributed by atoms with E-state index in [1.54, 1.807) is 0 Å². The van der Waals surface area contributed by atoms with Crippen LogP contribution in [0.4, 0.5) is 0 Å². The Balaban J connectivity index is 1.61. The molecule has 0 unspecified atom stereocenters. The Morgan fingerprint density at radius 1 is 1.44 bits per heavy atom. The molecule has 1 amide bonds. The van der Waals surface area contributed by atoms with Crippen molar-refractivity contribution < 1.29 is 14.3 Å². The molecule has 1 aromatic rings. The predicted octanol–water partition coefficient (Wildman–Crippen LogP) is 1.15. The summed E-state index contributed by atoms with van der Waals surface area (Å²) in [6.45, 7) is 1.12. The first-order valence-electron chi connectivity index (χ1n) is 6.12. The lowest BCUT2D eigenvalue weighted by Gasteiger charge is -2.23. The van der Waals surface area contributed by atoms with Crippen LogP contribution < -0.4 is 10.1 Å². The van der Waals surface area contributed by atoms with E-state index in [9.17, 15) is 4.79 Å². The molecule has 0 aromatic heterocycles. The molecule has 1 fully saturated rings. The number of hydrogen-bond acceptors (Lipinski definition) is 3.